The van der Waals surface area contributed by atoms with Crippen molar-refractivity contribution in [3.05, 3.63) is 395 Å². The number of anilines is 4. The lowest BCUT2D eigenvalue weighted by Crippen LogP contribution is -2.47. The molecule has 4 fully saturated rings. The Hall–Kier alpha value is -11.6. The molecule has 28 heteroatoms. The van der Waals surface area contributed by atoms with Crippen LogP contribution < -0.4 is 42.5 Å². The molecule has 12 aromatic rings. The molecule has 0 saturated carbocycles. The highest BCUT2D eigenvalue weighted by molar-refractivity contribution is 6.34. The second-order valence-electron chi connectivity index (χ2n) is 34.7. The maximum Gasteiger partial charge on any atom is 0.236 e. The Morgan fingerprint density at radius 3 is 0.705 bits per heavy atom. The zero-order valence-corrected chi connectivity index (χ0v) is 77.2. The molecular formula is C104H84Cl8F4N8O8. The van der Waals surface area contributed by atoms with E-state index in [1.807, 2.05) is 113 Å². The molecule has 16 nitrogen and oxygen atoms in total. The SMILES string of the molecule is Cc1ccc(F)cc1[C@@H]1CC(=O)NC[C@H](c2cccc(Cl)c2)[C@@]12C(=O)Nc1cc(Cl)ccc12.Cc1ccc(F)cc1[C@@H]1CNC(=O)C[C@H](c2cccc(Cl)c2)[C@@]12C(=O)Nc1cc(Cl)ccc12.Cc1ccc(F)cc1[C@H]1CC(=O)NC[C@@H](c2cccc(Cl)c2)[C@]12C(=O)Nc1cc(Cl)ccc12.Cc1ccc(F)cc1[C@H]1CNC(=O)C[C@@H](c2cccc(Cl)c2)[C@]12C(=O)Nc1cc(Cl)ccc12. The van der Waals surface area contributed by atoms with Gasteiger partial charge in [0.1, 0.15) is 23.3 Å². The summed E-state index contributed by atoms with van der Waals surface area (Å²) in [6.07, 6.45) is 0.245. The number of rotatable bonds is 8. The molecule has 8 aliphatic rings. The van der Waals surface area contributed by atoms with Crippen LogP contribution in [0.4, 0.5) is 40.3 Å². The van der Waals surface area contributed by atoms with Crippen molar-refractivity contribution in [1.29, 1.82) is 0 Å². The van der Waals surface area contributed by atoms with Gasteiger partial charge >= 0.3 is 0 Å². The number of hydrogen-bond donors (Lipinski definition) is 8. The zero-order valence-electron chi connectivity index (χ0n) is 71.2. The quantitative estimate of drug-likeness (QED) is 0.0680. The summed E-state index contributed by atoms with van der Waals surface area (Å²) in [7, 11) is 0. The third kappa shape index (κ3) is 16.7. The molecule has 8 heterocycles. The van der Waals surface area contributed by atoms with Gasteiger partial charge in [0.25, 0.3) is 0 Å². The highest BCUT2D eigenvalue weighted by atomic mass is 35.5. The monoisotopic (exact) mass is 1930 g/mol. The summed E-state index contributed by atoms with van der Waals surface area (Å²) < 4.78 is 57.8. The summed E-state index contributed by atoms with van der Waals surface area (Å²) in [5, 5.41) is 28.0. The van der Waals surface area contributed by atoms with Crippen molar-refractivity contribution >= 4 is 163 Å². The highest BCUT2D eigenvalue weighted by Gasteiger charge is 2.65. The van der Waals surface area contributed by atoms with Crippen LogP contribution in [0.2, 0.25) is 40.2 Å². The molecule has 0 unspecified atom stereocenters. The van der Waals surface area contributed by atoms with Crippen LogP contribution in [-0.2, 0) is 60.0 Å². The fourth-order valence-corrected chi connectivity index (χ4v) is 23.5. The van der Waals surface area contributed by atoms with E-state index in [0.717, 1.165) is 66.8 Å². The van der Waals surface area contributed by atoms with Crippen LogP contribution in [0.15, 0.2) is 243 Å². The first kappa shape index (κ1) is 92.3. The smallest absolute Gasteiger partial charge is 0.236 e. The molecule has 20 rings (SSSR count). The topological polar surface area (TPSA) is 233 Å². The minimum Gasteiger partial charge on any atom is -0.355 e. The number of carbonyl (C=O) groups excluding carboxylic acids is 8. The van der Waals surface area contributed by atoms with Gasteiger partial charge in [-0.3, -0.25) is 38.4 Å². The molecule has 132 heavy (non-hydrogen) atoms. The van der Waals surface area contributed by atoms with Gasteiger partial charge in [-0.05, 0) is 262 Å². The maximum atomic E-state index is 14.5. The normalized spacial score (nSPS) is 24.2. The standard InChI is InChI=1S/4C26H21Cl2FN2O2/c2*1-14-5-7-18(29)11-19(14)21-12-24(32)30-13-22(15-3-2-4-16(27)9-15)26(21)20-8-6-17(28)10-23(20)31-25(26)33;2*1-14-5-7-18(29)11-19(14)22-13-30-24(32)12-21(15-3-2-4-16(27)9-15)26(22)20-8-6-17(28)10-23(20)31-25(26)33/h4*2-11,21-22H,12-13H2,1H3,(H,30,32)(H,31,33)/t4*21-,22+,26-/m1010/s1. The third-order valence-corrected chi connectivity index (χ3v) is 29.5. The summed E-state index contributed by atoms with van der Waals surface area (Å²) in [5.74, 6) is -7.53. The Balaban J connectivity index is 0.000000123. The van der Waals surface area contributed by atoms with E-state index in [0.29, 0.717) is 85.2 Å². The summed E-state index contributed by atoms with van der Waals surface area (Å²) >= 11 is 50.3. The number of halogens is 12. The van der Waals surface area contributed by atoms with E-state index in [2.05, 4.69) is 42.5 Å². The van der Waals surface area contributed by atoms with Crippen molar-refractivity contribution in [3.63, 3.8) is 0 Å². The number of nitrogens with one attached hydrogen (secondary N) is 8. The average molecular weight is 1930 g/mol. The van der Waals surface area contributed by atoms with Crippen molar-refractivity contribution in [2.45, 2.75) is 122 Å². The second kappa shape index (κ2) is 37.1. The molecule has 0 aromatic heterocycles. The van der Waals surface area contributed by atoms with E-state index in [-0.39, 0.29) is 99.1 Å². The molecule has 12 aromatic carbocycles. The predicted octanol–water partition coefficient (Wildman–Crippen LogP) is 22.9. The minimum atomic E-state index is -1.18. The van der Waals surface area contributed by atoms with Gasteiger partial charge in [-0.25, -0.2) is 17.6 Å². The molecule has 4 spiro atoms. The van der Waals surface area contributed by atoms with Crippen molar-refractivity contribution in [2.24, 2.45) is 0 Å². The van der Waals surface area contributed by atoms with Gasteiger partial charge in [0, 0.05) is 162 Å². The van der Waals surface area contributed by atoms with Gasteiger partial charge in [-0.1, -0.05) is 190 Å². The molecule has 4 saturated heterocycles. The number of benzene rings is 12. The van der Waals surface area contributed by atoms with E-state index in [1.54, 1.807) is 109 Å². The summed E-state index contributed by atoms with van der Waals surface area (Å²) in [6.45, 7) is 8.37. The lowest BCUT2D eigenvalue weighted by atomic mass is 9.58. The lowest BCUT2D eigenvalue weighted by Gasteiger charge is -2.41. The first-order valence-corrected chi connectivity index (χ1v) is 45.8. The molecule has 672 valence electrons. The fourth-order valence-electron chi connectivity index (χ4n) is 22.0. The first-order valence-electron chi connectivity index (χ1n) is 42.8. The molecule has 8 aliphatic heterocycles. The zero-order chi connectivity index (χ0) is 93.3. The summed E-state index contributed by atoms with van der Waals surface area (Å²) in [6, 6.07) is 68.5. The number of amides is 8. The van der Waals surface area contributed by atoms with Gasteiger partial charge < -0.3 is 42.5 Å². The average Bonchev–Trinajstić information content (AvgIpc) is 1.53. The number of hydrogen-bond acceptors (Lipinski definition) is 8. The van der Waals surface area contributed by atoms with Crippen LogP contribution in [0.3, 0.4) is 0 Å². The number of fused-ring (bicyclic) bond motifs is 8. The van der Waals surface area contributed by atoms with E-state index >= 15 is 0 Å². The number of carbonyl (C=O) groups is 8. The Morgan fingerprint density at radius 1 is 0.242 bits per heavy atom. The van der Waals surface area contributed by atoms with Crippen molar-refractivity contribution in [3.8, 4) is 0 Å². The van der Waals surface area contributed by atoms with Crippen molar-refractivity contribution < 1.29 is 55.9 Å². The van der Waals surface area contributed by atoms with Crippen molar-refractivity contribution in [1.82, 2.24) is 21.3 Å². The lowest BCUT2D eigenvalue weighted by molar-refractivity contribution is -0.124. The molecule has 8 N–H and O–H groups in total. The van der Waals surface area contributed by atoms with Gasteiger partial charge in [0.15, 0.2) is 0 Å². The van der Waals surface area contributed by atoms with Gasteiger partial charge in [-0.2, -0.15) is 0 Å². The second-order valence-corrected chi connectivity index (χ2v) is 38.2. The molecule has 0 radical (unpaired) electrons. The Morgan fingerprint density at radius 2 is 0.455 bits per heavy atom. The molecule has 12 atom stereocenters. The highest BCUT2D eigenvalue weighted by Crippen LogP contribution is 2.64. The van der Waals surface area contributed by atoms with Crippen molar-refractivity contribution in [2.75, 3.05) is 47.4 Å². The largest absolute Gasteiger partial charge is 0.355 e. The molecule has 0 aliphatic carbocycles. The summed E-state index contributed by atoms with van der Waals surface area (Å²) in [5.41, 5.74) is 9.82. The third-order valence-electron chi connectivity index (χ3n) is 27.6. The van der Waals surface area contributed by atoms with Gasteiger partial charge in [-0.15, -0.1) is 0 Å². The Kier molecular flexibility index (Phi) is 26.0. The maximum absolute atomic E-state index is 14.5. The van der Waals surface area contributed by atoms with Crippen LogP contribution in [0.5, 0.6) is 0 Å². The van der Waals surface area contributed by atoms with Crippen LogP contribution in [0.25, 0.3) is 0 Å². The van der Waals surface area contributed by atoms with Crippen LogP contribution in [0.1, 0.15) is 162 Å². The Labute approximate surface area is 798 Å². The molecule has 0 bridgehead atoms. The molecular weight excluding hydrogens is 1850 g/mol. The van der Waals surface area contributed by atoms with Gasteiger partial charge in [0.2, 0.25) is 47.3 Å². The van der Waals surface area contributed by atoms with E-state index in [4.69, 9.17) is 92.8 Å². The first-order chi connectivity index (χ1) is 63.2. The van der Waals surface area contributed by atoms with Gasteiger partial charge in [0.05, 0.1) is 21.7 Å². The minimum absolute atomic E-state index is 0.0385. The fraction of sp³-hybridized carbons (Fsp3) is 0.231. The molecule has 8 amide bonds. The van der Waals surface area contributed by atoms with E-state index in [1.165, 1.54) is 48.5 Å². The van der Waals surface area contributed by atoms with Crippen LogP contribution in [0, 0.1) is 51.0 Å². The van der Waals surface area contributed by atoms with E-state index in [9.17, 15) is 55.9 Å². The number of aryl methyl sites for hydroxylation is 4. The van der Waals surface area contributed by atoms with Crippen LogP contribution in [-0.4, -0.2) is 73.4 Å². The Bertz CT molecular complexity index is 6240. The predicted molar refractivity (Wildman–Crippen MR) is 510 cm³/mol. The van der Waals surface area contributed by atoms with Crippen LogP contribution >= 0.6 is 92.8 Å². The van der Waals surface area contributed by atoms with E-state index < -0.39 is 92.3 Å². The summed E-state index contributed by atoms with van der Waals surface area (Å²) in [4.78, 5) is 108.